The normalized spacial score (nSPS) is 15.0. The molecule has 0 aliphatic carbocycles. The largest absolute Gasteiger partial charge is 0.508 e. The quantitative estimate of drug-likeness (QED) is 0.132. The predicted octanol–water partition coefficient (Wildman–Crippen LogP) is 1.45. The number of rotatable bonds is 12. The van der Waals surface area contributed by atoms with E-state index in [-0.39, 0.29) is 43.0 Å². The molecule has 222 valence electrons. The van der Waals surface area contributed by atoms with Crippen molar-refractivity contribution in [3.8, 4) is 17.2 Å². The zero-order valence-electron chi connectivity index (χ0n) is 22.2. The van der Waals surface area contributed by atoms with Gasteiger partial charge in [0, 0.05) is 12.1 Å². The Morgan fingerprint density at radius 2 is 1.88 bits per heavy atom. The van der Waals surface area contributed by atoms with Crippen molar-refractivity contribution >= 4 is 16.5 Å². The van der Waals surface area contributed by atoms with Gasteiger partial charge in [0.1, 0.15) is 12.4 Å². The van der Waals surface area contributed by atoms with Crippen LogP contribution in [0.3, 0.4) is 0 Å². The van der Waals surface area contributed by atoms with E-state index in [9.17, 15) is 23.7 Å². The van der Waals surface area contributed by atoms with Crippen LogP contribution in [0.25, 0.3) is 0 Å². The first kappa shape index (κ1) is 31.8. The van der Waals surface area contributed by atoms with Crippen molar-refractivity contribution in [1.29, 1.82) is 0 Å². The fourth-order valence-corrected chi connectivity index (χ4v) is 4.63. The summed E-state index contributed by atoms with van der Waals surface area (Å²) in [6, 6.07) is 16.7. The maximum absolute atomic E-state index is 11.5. The smallest absolute Gasteiger partial charge is 0.290 e. The third-order valence-corrected chi connectivity index (χ3v) is 7.02. The van der Waals surface area contributed by atoms with Crippen LogP contribution in [0, 0.1) is 0 Å². The maximum atomic E-state index is 11.5. The fraction of sp³-hybridized carbons (Fsp3) is 0.321. The Bertz CT molecular complexity index is 1400. The topological polar surface area (TPSA) is 198 Å². The number of fused-ring (bicyclic) bond motifs is 1. The van der Waals surface area contributed by atoms with E-state index in [2.05, 4.69) is 5.32 Å². The standard InChI is InChI=1S/C27H32N2O8S.CH2O2/c28-38(33,34)23-3-1-2-19(10-23)15-35-16-22-17-36-26-7-4-18(11-27(26)37-22)8-9-29-13-25(32)20-5-6-24(31)21(12-20)14-30;2-1-3/h1-7,10-12,22,25,29-32H,8-9,13-17H2,(H2,28,33,34);1H,(H,2,3)/t22-,25+;/m1./s1. The molecule has 7 N–H and O–H groups in total. The lowest BCUT2D eigenvalue weighted by Gasteiger charge is -2.27. The predicted molar refractivity (Wildman–Crippen MR) is 148 cm³/mol. The summed E-state index contributed by atoms with van der Waals surface area (Å²) in [5.41, 5.74) is 2.71. The lowest BCUT2D eigenvalue weighted by molar-refractivity contribution is -0.122. The second-order valence-corrected chi connectivity index (χ2v) is 10.7. The molecule has 3 aromatic rings. The van der Waals surface area contributed by atoms with E-state index in [1.54, 1.807) is 24.3 Å². The Morgan fingerprint density at radius 1 is 1.10 bits per heavy atom. The minimum Gasteiger partial charge on any atom is -0.508 e. The van der Waals surface area contributed by atoms with Gasteiger partial charge < -0.3 is 40.0 Å². The summed E-state index contributed by atoms with van der Waals surface area (Å²) >= 11 is 0. The van der Waals surface area contributed by atoms with E-state index < -0.39 is 16.1 Å². The number of aliphatic hydroxyl groups is 2. The number of aromatic hydroxyl groups is 1. The van der Waals surface area contributed by atoms with Gasteiger partial charge in [-0.25, -0.2) is 13.6 Å². The van der Waals surface area contributed by atoms with E-state index in [4.69, 9.17) is 29.3 Å². The molecule has 0 radical (unpaired) electrons. The molecular weight excluding hydrogens is 556 g/mol. The number of phenols is 1. The number of benzene rings is 3. The van der Waals surface area contributed by atoms with E-state index in [1.807, 2.05) is 18.2 Å². The van der Waals surface area contributed by atoms with Crippen LogP contribution in [-0.4, -0.2) is 67.7 Å². The first-order valence-corrected chi connectivity index (χ1v) is 14.2. The molecule has 0 spiro atoms. The lowest BCUT2D eigenvalue weighted by Crippen LogP contribution is -2.33. The van der Waals surface area contributed by atoms with E-state index in [1.165, 1.54) is 18.2 Å². The molecule has 2 atom stereocenters. The van der Waals surface area contributed by atoms with Gasteiger partial charge in [-0.1, -0.05) is 24.3 Å². The summed E-state index contributed by atoms with van der Waals surface area (Å²) in [7, 11) is -3.77. The highest BCUT2D eigenvalue weighted by Crippen LogP contribution is 2.33. The summed E-state index contributed by atoms with van der Waals surface area (Å²) in [4.78, 5) is 8.40. The Morgan fingerprint density at radius 3 is 2.61 bits per heavy atom. The van der Waals surface area contributed by atoms with Crippen molar-refractivity contribution in [2.75, 3.05) is 26.3 Å². The number of sulfonamides is 1. The Labute approximate surface area is 238 Å². The molecule has 0 bridgehead atoms. The summed E-state index contributed by atoms with van der Waals surface area (Å²) in [5.74, 6) is 1.28. The Hall–Kier alpha value is -3.72. The highest BCUT2D eigenvalue weighted by atomic mass is 32.2. The van der Waals surface area contributed by atoms with Gasteiger partial charge >= 0.3 is 0 Å². The maximum Gasteiger partial charge on any atom is 0.290 e. The van der Waals surface area contributed by atoms with Crippen molar-refractivity contribution in [3.63, 3.8) is 0 Å². The highest BCUT2D eigenvalue weighted by molar-refractivity contribution is 7.89. The van der Waals surface area contributed by atoms with Gasteiger partial charge in [0.25, 0.3) is 6.47 Å². The number of carbonyl (C=O) groups is 1. The van der Waals surface area contributed by atoms with Crippen LogP contribution in [-0.2, 0) is 39.2 Å². The van der Waals surface area contributed by atoms with Gasteiger partial charge in [0.15, 0.2) is 17.6 Å². The number of nitrogens with two attached hydrogens (primary N) is 1. The Balaban J connectivity index is 0.00000147. The number of ether oxygens (including phenoxy) is 3. The summed E-state index contributed by atoms with van der Waals surface area (Å²) in [6.45, 7) is 1.19. The minimum absolute atomic E-state index is 0.00116. The third kappa shape index (κ3) is 9.70. The van der Waals surface area contributed by atoms with Gasteiger partial charge in [0.05, 0.1) is 30.8 Å². The molecule has 4 rings (SSSR count). The lowest BCUT2D eigenvalue weighted by atomic mass is 10.1. The van der Waals surface area contributed by atoms with Gasteiger partial charge in [-0.15, -0.1) is 0 Å². The molecular formula is C28H34N2O10S. The fourth-order valence-electron chi connectivity index (χ4n) is 4.05. The van der Waals surface area contributed by atoms with Crippen LogP contribution in [0.4, 0.5) is 0 Å². The van der Waals surface area contributed by atoms with E-state index in [0.717, 1.165) is 5.56 Å². The molecule has 1 aliphatic rings. The number of hydrogen-bond donors (Lipinski definition) is 6. The molecule has 0 fully saturated rings. The van der Waals surface area contributed by atoms with Crippen LogP contribution in [0.5, 0.6) is 17.2 Å². The summed E-state index contributed by atoms with van der Waals surface area (Å²) in [6.07, 6.45) is -0.395. The summed E-state index contributed by atoms with van der Waals surface area (Å²) < 4.78 is 40.6. The molecule has 1 aliphatic heterocycles. The zero-order valence-corrected chi connectivity index (χ0v) is 23.0. The van der Waals surface area contributed by atoms with Crippen LogP contribution in [0.2, 0.25) is 0 Å². The van der Waals surface area contributed by atoms with E-state index in [0.29, 0.717) is 54.3 Å². The SMILES string of the molecule is NS(=O)(=O)c1cccc(COC[C@@H]2COc3ccc(CCNC[C@H](O)c4ccc(O)c(CO)c4)cc3O2)c1.O=CO. The van der Waals surface area contributed by atoms with Crippen LogP contribution in [0.15, 0.2) is 65.6 Å². The summed E-state index contributed by atoms with van der Waals surface area (Å²) in [5, 5.41) is 44.6. The van der Waals surface area contributed by atoms with Crippen molar-refractivity contribution in [1.82, 2.24) is 5.32 Å². The number of carboxylic acid groups (broad SMARTS) is 1. The van der Waals surface area contributed by atoms with Crippen molar-refractivity contribution < 1.29 is 47.8 Å². The average Bonchev–Trinajstić information content (AvgIpc) is 2.95. The molecule has 0 aromatic heterocycles. The van der Waals surface area contributed by atoms with Crippen molar-refractivity contribution in [2.45, 2.75) is 36.7 Å². The highest BCUT2D eigenvalue weighted by Gasteiger charge is 2.22. The third-order valence-electron chi connectivity index (χ3n) is 6.11. The number of hydrogen-bond acceptors (Lipinski definition) is 10. The van der Waals surface area contributed by atoms with Crippen LogP contribution < -0.4 is 19.9 Å². The number of aliphatic hydroxyl groups excluding tert-OH is 2. The van der Waals surface area contributed by atoms with Crippen LogP contribution >= 0.6 is 0 Å². The van der Waals surface area contributed by atoms with Gasteiger partial charge in [0.2, 0.25) is 10.0 Å². The minimum atomic E-state index is -3.77. The molecule has 0 amide bonds. The molecule has 41 heavy (non-hydrogen) atoms. The second-order valence-electron chi connectivity index (χ2n) is 9.16. The molecule has 13 heteroatoms. The van der Waals surface area contributed by atoms with Crippen molar-refractivity contribution in [2.24, 2.45) is 5.14 Å². The second kappa shape index (κ2) is 15.3. The van der Waals surface area contributed by atoms with E-state index >= 15 is 0 Å². The van der Waals surface area contributed by atoms with Gasteiger partial charge in [-0.2, -0.15) is 0 Å². The van der Waals surface area contributed by atoms with Crippen LogP contribution in [0.1, 0.15) is 28.4 Å². The molecule has 0 unspecified atom stereocenters. The van der Waals surface area contributed by atoms with Crippen molar-refractivity contribution in [3.05, 3.63) is 82.9 Å². The molecule has 3 aromatic carbocycles. The Kier molecular flexibility index (Phi) is 11.9. The van der Waals surface area contributed by atoms with Gasteiger partial charge in [-0.05, 0) is 66.1 Å². The number of primary sulfonamides is 1. The molecule has 12 nitrogen and oxygen atoms in total. The molecule has 0 saturated carbocycles. The van der Waals surface area contributed by atoms with Gasteiger partial charge in [-0.3, -0.25) is 4.79 Å². The number of nitrogens with one attached hydrogen (secondary N) is 1. The molecule has 1 heterocycles. The zero-order chi connectivity index (χ0) is 29.8. The first-order chi connectivity index (χ1) is 19.6. The average molecular weight is 591 g/mol. The first-order valence-electron chi connectivity index (χ1n) is 12.7. The monoisotopic (exact) mass is 590 g/mol. The molecule has 0 saturated heterocycles.